The van der Waals surface area contributed by atoms with Crippen LogP contribution in [0.4, 0.5) is 5.13 Å². The number of hydrogen-bond donors (Lipinski definition) is 1. The molecule has 0 spiro atoms. The Morgan fingerprint density at radius 1 is 1.00 bits per heavy atom. The van der Waals surface area contributed by atoms with Crippen molar-refractivity contribution in [1.29, 1.82) is 0 Å². The van der Waals surface area contributed by atoms with Crippen molar-refractivity contribution in [2.75, 3.05) is 18.5 Å². The smallest absolute Gasteiger partial charge is 0.226 e. The van der Waals surface area contributed by atoms with Gasteiger partial charge < -0.3 is 14.8 Å². The summed E-state index contributed by atoms with van der Waals surface area (Å²) in [5.74, 6) is 1.63. The summed E-state index contributed by atoms with van der Waals surface area (Å²) < 4.78 is 11.2. The van der Waals surface area contributed by atoms with Crippen LogP contribution < -0.4 is 14.8 Å². The minimum atomic E-state index is -0.0491. The molecule has 0 aliphatic rings. The molecule has 0 aliphatic heterocycles. The zero-order valence-electron chi connectivity index (χ0n) is 17.7. The number of thiazole rings is 1. The van der Waals surface area contributed by atoms with Crippen LogP contribution in [-0.2, 0) is 11.2 Å². The van der Waals surface area contributed by atoms with Crippen LogP contribution in [0.15, 0.2) is 48.5 Å². The first-order chi connectivity index (χ1) is 14.6. The Morgan fingerprint density at radius 2 is 1.67 bits per heavy atom. The molecular formula is C24H28N2O3S. The van der Waals surface area contributed by atoms with Gasteiger partial charge in [-0.2, -0.15) is 0 Å². The number of ether oxygens (including phenoxy) is 2. The molecule has 1 aromatic heterocycles. The summed E-state index contributed by atoms with van der Waals surface area (Å²) in [4.78, 5) is 17.9. The summed E-state index contributed by atoms with van der Waals surface area (Å²) in [6, 6.07) is 15.9. The van der Waals surface area contributed by atoms with E-state index in [1.54, 1.807) is 0 Å². The highest BCUT2D eigenvalue weighted by Crippen LogP contribution is 2.31. The van der Waals surface area contributed by atoms with Gasteiger partial charge in [-0.25, -0.2) is 4.98 Å². The van der Waals surface area contributed by atoms with E-state index < -0.39 is 0 Å². The molecule has 0 saturated carbocycles. The van der Waals surface area contributed by atoms with Crippen molar-refractivity contribution in [3.8, 4) is 22.8 Å². The first kappa shape index (κ1) is 21.8. The van der Waals surface area contributed by atoms with Gasteiger partial charge in [0.2, 0.25) is 5.91 Å². The molecule has 6 heteroatoms. The fraction of sp³-hybridized carbons (Fsp3) is 0.333. The Kier molecular flexibility index (Phi) is 7.85. The molecule has 0 atom stereocenters. The molecule has 0 aliphatic carbocycles. The quantitative estimate of drug-likeness (QED) is 0.413. The Morgan fingerprint density at radius 3 is 2.33 bits per heavy atom. The van der Waals surface area contributed by atoms with Crippen LogP contribution >= 0.6 is 11.3 Å². The molecule has 1 heterocycles. The number of nitrogens with one attached hydrogen (secondary N) is 1. The number of aromatic nitrogens is 1. The lowest BCUT2D eigenvalue weighted by Crippen LogP contribution is -2.12. The zero-order valence-corrected chi connectivity index (χ0v) is 18.6. The van der Waals surface area contributed by atoms with E-state index in [1.165, 1.54) is 16.9 Å². The number of carbonyl (C=O) groups is 1. The molecule has 1 amide bonds. The van der Waals surface area contributed by atoms with Crippen molar-refractivity contribution in [2.24, 2.45) is 0 Å². The van der Waals surface area contributed by atoms with Crippen molar-refractivity contribution in [1.82, 2.24) is 4.98 Å². The average Bonchev–Trinajstić information content (AvgIpc) is 3.12. The molecule has 5 nitrogen and oxygen atoms in total. The number of rotatable bonds is 10. The van der Waals surface area contributed by atoms with Crippen LogP contribution in [0.1, 0.15) is 37.1 Å². The number of benzene rings is 2. The fourth-order valence-electron chi connectivity index (χ4n) is 3.02. The van der Waals surface area contributed by atoms with Gasteiger partial charge in [0, 0.05) is 16.9 Å². The molecule has 0 radical (unpaired) electrons. The van der Waals surface area contributed by atoms with E-state index in [-0.39, 0.29) is 5.91 Å². The highest BCUT2D eigenvalue weighted by Gasteiger charge is 2.12. The van der Waals surface area contributed by atoms with Gasteiger partial charge in [-0.1, -0.05) is 19.1 Å². The lowest BCUT2D eigenvalue weighted by atomic mass is 10.1. The van der Waals surface area contributed by atoms with E-state index in [0.29, 0.717) is 31.2 Å². The van der Waals surface area contributed by atoms with E-state index in [4.69, 9.17) is 9.47 Å². The number of amides is 1. The van der Waals surface area contributed by atoms with E-state index in [9.17, 15) is 4.79 Å². The largest absolute Gasteiger partial charge is 0.494 e. The minimum absolute atomic E-state index is 0.0491. The monoisotopic (exact) mass is 424 g/mol. The first-order valence-electron chi connectivity index (χ1n) is 10.3. The van der Waals surface area contributed by atoms with E-state index in [1.807, 2.05) is 50.2 Å². The first-order valence-corrected chi connectivity index (χ1v) is 11.1. The normalized spacial score (nSPS) is 10.6. The fourth-order valence-corrected chi connectivity index (χ4v) is 3.87. The minimum Gasteiger partial charge on any atom is -0.494 e. The second-order valence-electron chi connectivity index (χ2n) is 6.88. The van der Waals surface area contributed by atoms with Gasteiger partial charge in [0.1, 0.15) is 11.5 Å². The predicted octanol–water partition coefficient (Wildman–Crippen LogP) is 5.88. The van der Waals surface area contributed by atoms with Crippen LogP contribution in [0.5, 0.6) is 11.5 Å². The van der Waals surface area contributed by atoms with Crippen LogP contribution in [0.2, 0.25) is 0 Å². The Hall–Kier alpha value is -2.86. The summed E-state index contributed by atoms with van der Waals surface area (Å²) in [6.45, 7) is 7.24. The maximum absolute atomic E-state index is 12.3. The molecule has 0 saturated heterocycles. The van der Waals surface area contributed by atoms with Gasteiger partial charge in [-0.3, -0.25) is 4.79 Å². The Bertz CT molecular complexity index is 950. The molecule has 0 fully saturated rings. The second kappa shape index (κ2) is 10.8. The summed E-state index contributed by atoms with van der Waals surface area (Å²) >= 11 is 1.49. The van der Waals surface area contributed by atoms with Crippen molar-refractivity contribution in [3.05, 3.63) is 59.0 Å². The van der Waals surface area contributed by atoms with Crippen LogP contribution in [0.3, 0.4) is 0 Å². The third kappa shape index (κ3) is 6.07. The molecule has 30 heavy (non-hydrogen) atoms. The van der Waals surface area contributed by atoms with Gasteiger partial charge >= 0.3 is 0 Å². The molecule has 3 aromatic rings. The average molecular weight is 425 g/mol. The second-order valence-corrected chi connectivity index (χ2v) is 8.08. The predicted molar refractivity (Wildman–Crippen MR) is 123 cm³/mol. The zero-order chi connectivity index (χ0) is 21.3. The van der Waals surface area contributed by atoms with Gasteiger partial charge in [0.15, 0.2) is 5.13 Å². The topological polar surface area (TPSA) is 60.5 Å². The molecule has 3 rings (SSSR count). The molecule has 2 aromatic carbocycles. The summed E-state index contributed by atoms with van der Waals surface area (Å²) in [5, 5.41) is 3.53. The maximum atomic E-state index is 12.3. The lowest BCUT2D eigenvalue weighted by Gasteiger charge is -2.06. The highest BCUT2D eigenvalue weighted by molar-refractivity contribution is 7.16. The van der Waals surface area contributed by atoms with Crippen LogP contribution in [0.25, 0.3) is 11.3 Å². The lowest BCUT2D eigenvalue weighted by molar-refractivity contribution is -0.116. The van der Waals surface area contributed by atoms with E-state index in [0.717, 1.165) is 34.1 Å². The highest BCUT2D eigenvalue weighted by atomic mass is 32.1. The number of anilines is 1. The van der Waals surface area contributed by atoms with Gasteiger partial charge in [-0.05, 0) is 68.7 Å². The molecule has 0 bridgehead atoms. The maximum Gasteiger partial charge on any atom is 0.226 e. The Balaban J connectivity index is 1.47. The number of hydrogen-bond acceptors (Lipinski definition) is 5. The summed E-state index contributed by atoms with van der Waals surface area (Å²) in [6.07, 6.45) is 2.05. The number of aryl methyl sites for hydroxylation is 2. The molecule has 158 valence electrons. The van der Waals surface area contributed by atoms with Crippen molar-refractivity contribution < 1.29 is 14.3 Å². The third-order valence-electron chi connectivity index (χ3n) is 4.63. The molecule has 0 unspecified atom stereocenters. The van der Waals surface area contributed by atoms with E-state index >= 15 is 0 Å². The molecular weight excluding hydrogens is 396 g/mol. The van der Waals surface area contributed by atoms with Gasteiger partial charge in [-0.15, -0.1) is 11.3 Å². The van der Waals surface area contributed by atoms with Crippen molar-refractivity contribution in [2.45, 2.75) is 40.0 Å². The SMILES string of the molecule is CCOc1ccc(-c2nc(NC(=O)CCCOc3ccc(CC)cc3)sc2C)cc1. The van der Waals surface area contributed by atoms with Crippen LogP contribution in [0, 0.1) is 6.92 Å². The van der Waals surface area contributed by atoms with E-state index in [2.05, 4.69) is 29.4 Å². The molecule has 1 N–H and O–H groups in total. The van der Waals surface area contributed by atoms with Crippen molar-refractivity contribution in [3.63, 3.8) is 0 Å². The van der Waals surface area contributed by atoms with Gasteiger partial charge in [0.05, 0.1) is 18.9 Å². The summed E-state index contributed by atoms with van der Waals surface area (Å²) in [5.41, 5.74) is 3.18. The van der Waals surface area contributed by atoms with Crippen LogP contribution in [-0.4, -0.2) is 24.1 Å². The number of nitrogens with zero attached hydrogens (tertiary/aromatic N) is 1. The third-order valence-corrected chi connectivity index (χ3v) is 5.52. The Labute approximate surface area is 182 Å². The number of carbonyl (C=O) groups excluding carboxylic acids is 1. The summed E-state index contributed by atoms with van der Waals surface area (Å²) in [7, 11) is 0. The standard InChI is InChI=1S/C24H28N2O3S/c1-4-18-8-12-21(13-9-18)29-16-6-7-22(27)25-24-26-23(17(3)30-24)19-10-14-20(15-11-19)28-5-2/h8-15H,4-7,16H2,1-3H3,(H,25,26,27). The van der Waals surface area contributed by atoms with Crippen molar-refractivity contribution >= 4 is 22.4 Å². The van der Waals surface area contributed by atoms with Gasteiger partial charge in [0.25, 0.3) is 0 Å².